The summed E-state index contributed by atoms with van der Waals surface area (Å²) in [7, 11) is 0. The lowest BCUT2D eigenvalue weighted by Crippen LogP contribution is -2.27. The largest absolute Gasteiger partial charge is 0.490 e. The van der Waals surface area contributed by atoms with Crippen LogP contribution in [0, 0.1) is 11.6 Å². The van der Waals surface area contributed by atoms with Crippen molar-refractivity contribution in [1.82, 2.24) is 0 Å². The maximum Gasteiger partial charge on any atom is 0.270 e. The smallest absolute Gasteiger partial charge is 0.270 e. The van der Waals surface area contributed by atoms with Gasteiger partial charge in [0.1, 0.15) is 11.6 Å². The molecule has 48 heavy (non-hydrogen) atoms. The van der Waals surface area contributed by atoms with E-state index in [-0.39, 0.29) is 22.4 Å². The Morgan fingerprint density at radius 2 is 1.60 bits per heavy atom. The van der Waals surface area contributed by atoms with Gasteiger partial charge < -0.3 is 20.1 Å². The van der Waals surface area contributed by atoms with Crippen LogP contribution in [-0.4, -0.2) is 35.3 Å². The molecule has 0 bridgehead atoms. The van der Waals surface area contributed by atoms with E-state index in [1.807, 2.05) is 13.0 Å². The summed E-state index contributed by atoms with van der Waals surface area (Å²) in [6.07, 6.45) is 3.74. The van der Waals surface area contributed by atoms with E-state index < -0.39 is 23.4 Å². The number of thioether (sulfide) groups is 1. The average Bonchev–Trinajstić information content (AvgIpc) is 3.34. The summed E-state index contributed by atoms with van der Waals surface area (Å²) in [5.74, 6) is -1.37. The lowest BCUT2D eigenvalue weighted by molar-refractivity contribution is -0.118. The van der Waals surface area contributed by atoms with Crippen molar-refractivity contribution in [2.75, 3.05) is 28.7 Å². The minimum Gasteiger partial charge on any atom is -0.490 e. The molecule has 4 aromatic carbocycles. The number of thiocarbonyl (C=S) groups is 1. The molecule has 0 aliphatic carbocycles. The number of allylic oxidation sites excluding steroid dienone is 1. The maximum atomic E-state index is 13.6. The molecule has 1 aliphatic heterocycles. The molecule has 4 aromatic rings. The first-order chi connectivity index (χ1) is 23.1. The van der Waals surface area contributed by atoms with Crippen LogP contribution in [0.4, 0.5) is 25.8 Å². The molecule has 0 unspecified atom stereocenters. The number of carbonyl (C=O) groups is 3. The van der Waals surface area contributed by atoms with Crippen molar-refractivity contribution >= 4 is 69.2 Å². The molecule has 3 amide bonds. The first-order valence-electron chi connectivity index (χ1n) is 14.7. The SMILES string of the molecule is C=CCc1cc(/C=C2/SC(=S)N(c3cccc(C(=O)Nc4ccc(F)cc4)c3)C2=O)cc(OCC)c1OCC(=O)Nc1ccc(F)cc1. The molecule has 1 heterocycles. The van der Waals surface area contributed by atoms with Gasteiger partial charge in [0.25, 0.3) is 17.7 Å². The number of nitrogens with zero attached hydrogens (tertiary/aromatic N) is 1. The molecule has 12 heteroatoms. The quantitative estimate of drug-likeness (QED) is 0.0894. The molecule has 0 radical (unpaired) electrons. The van der Waals surface area contributed by atoms with E-state index >= 15 is 0 Å². The second-order valence-electron chi connectivity index (χ2n) is 10.3. The highest BCUT2D eigenvalue weighted by molar-refractivity contribution is 8.27. The lowest BCUT2D eigenvalue weighted by Gasteiger charge is -2.17. The fourth-order valence-electron chi connectivity index (χ4n) is 4.73. The Morgan fingerprint density at radius 1 is 0.938 bits per heavy atom. The first-order valence-corrected chi connectivity index (χ1v) is 15.9. The number of hydrogen-bond acceptors (Lipinski definition) is 7. The fourth-order valence-corrected chi connectivity index (χ4v) is 6.03. The van der Waals surface area contributed by atoms with Gasteiger partial charge in [-0.25, -0.2) is 8.78 Å². The zero-order chi connectivity index (χ0) is 34.2. The van der Waals surface area contributed by atoms with Crippen molar-refractivity contribution in [3.05, 3.63) is 131 Å². The number of anilines is 3. The summed E-state index contributed by atoms with van der Waals surface area (Å²) in [5, 5.41) is 5.37. The summed E-state index contributed by atoms with van der Waals surface area (Å²) in [4.78, 5) is 40.8. The molecule has 0 aromatic heterocycles. The Bertz CT molecular complexity index is 1910. The number of halogens is 2. The molecule has 244 valence electrons. The molecule has 1 saturated heterocycles. The standard InChI is InChI=1S/C36H29F2N3O5S2/c1-3-6-23-17-22(18-30(45-4-2)33(23)46-21-32(42)39-27-13-9-25(37)10-14-27)19-31-35(44)41(36(47)48-31)29-8-5-7-24(20-29)34(43)40-28-15-11-26(38)12-16-28/h3,5,7-20H,1,4,6,21H2,2H3,(H,39,42)(H,40,43)/b31-19+. The summed E-state index contributed by atoms with van der Waals surface area (Å²) in [5.41, 5.74) is 2.85. The fraction of sp³-hybridized carbons (Fsp3) is 0.111. The van der Waals surface area contributed by atoms with E-state index in [0.29, 0.717) is 57.6 Å². The van der Waals surface area contributed by atoms with Crippen molar-refractivity contribution in [1.29, 1.82) is 0 Å². The van der Waals surface area contributed by atoms with E-state index in [0.717, 1.165) is 11.8 Å². The van der Waals surface area contributed by atoms with Gasteiger partial charge in [0.2, 0.25) is 0 Å². The number of ether oxygens (including phenoxy) is 2. The molecule has 0 saturated carbocycles. The van der Waals surface area contributed by atoms with Crippen LogP contribution in [0.5, 0.6) is 11.5 Å². The minimum atomic E-state index is -0.446. The zero-order valence-electron chi connectivity index (χ0n) is 25.6. The van der Waals surface area contributed by atoms with Gasteiger partial charge in [-0.2, -0.15) is 0 Å². The maximum absolute atomic E-state index is 13.6. The van der Waals surface area contributed by atoms with Crippen LogP contribution in [0.2, 0.25) is 0 Å². The van der Waals surface area contributed by atoms with Gasteiger partial charge in [-0.15, -0.1) is 6.58 Å². The third-order valence-corrected chi connectivity index (χ3v) is 8.16. The third-order valence-electron chi connectivity index (χ3n) is 6.85. The molecular formula is C36H29F2N3O5S2. The normalized spacial score (nSPS) is 13.4. The number of carbonyl (C=O) groups excluding carboxylic acids is 3. The number of benzene rings is 4. The number of nitrogens with one attached hydrogen (secondary N) is 2. The van der Waals surface area contributed by atoms with E-state index in [9.17, 15) is 23.2 Å². The number of rotatable bonds is 12. The van der Waals surface area contributed by atoms with Crippen LogP contribution in [-0.2, 0) is 16.0 Å². The van der Waals surface area contributed by atoms with Crippen LogP contribution in [0.25, 0.3) is 6.08 Å². The highest BCUT2D eigenvalue weighted by Crippen LogP contribution is 2.39. The highest BCUT2D eigenvalue weighted by Gasteiger charge is 2.34. The van der Waals surface area contributed by atoms with Gasteiger partial charge in [-0.3, -0.25) is 19.3 Å². The predicted molar refractivity (Wildman–Crippen MR) is 188 cm³/mol. The predicted octanol–water partition coefficient (Wildman–Crippen LogP) is 7.77. The Hall–Kier alpha value is -5.33. The molecule has 1 fully saturated rings. The molecule has 8 nitrogen and oxygen atoms in total. The van der Waals surface area contributed by atoms with Crippen LogP contribution >= 0.6 is 24.0 Å². The Morgan fingerprint density at radius 3 is 2.25 bits per heavy atom. The molecular weight excluding hydrogens is 657 g/mol. The summed E-state index contributed by atoms with van der Waals surface area (Å²) < 4.78 is 38.6. The Balaban J connectivity index is 1.35. The summed E-state index contributed by atoms with van der Waals surface area (Å²) >= 11 is 6.68. The van der Waals surface area contributed by atoms with Gasteiger partial charge in [-0.05, 0) is 104 Å². The third kappa shape index (κ3) is 8.33. The summed E-state index contributed by atoms with van der Waals surface area (Å²) in [6, 6.07) is 20.8. The molecule has 0 spiro atoms. The van der Waals surface area contributed by atoms with Gasteiger partial charge >= 0.3 is 0 Å². The number of amides is 3. The van der Waals surface area contributed by atoms with Crippen LogP contribution in [0.3, 0.4) is 0 Å². The van der Waals surface area contributed by atoms with E-state index in [1.54, 1.807) is 42.5 Å². The monoisotopic (exact) mass is 685 g/mol. The average molecular weight is 686 g/mol. The van der Waals surface area contributed by atoms with Gasteiger partial charge in [0.15, 0.2) is 22.4 Å². The van der Waals surface area contributed by atoms with Crippen LogP contribution in [0.1, 0.15) is 28.4 Å². The van der Waals surface area contributed by atoms with Crippen LogP contribution in [0.15, 0.2) is 102 Å². The summed E-state index contributed by atoms with van der Waals surface area (Å²) in [6.45, 7) is 5.61. The van der Waals surface area contributed by atoms with Crippen molar-refractivity contribution in [3.8, 4) is 11.5 Å². The Labute approximate surface area is 285 Å². The highest BCUT2D eigenvalue weighted by atomic mass is 32.2. The topological polar surface area (TPSA) is 97.0 Å². The second-order valence-corrected chi connectivity index (χ2v) is 12.0. The lowest BCUT2D eigenvalue weighted by atomic mass is 10.0. The van der Waals surface area contributed by atoms with Crippen molar-refractivity contribution < 1.29 is 32.6 Å². The molecule has 5 rings (SSSR count). The van der Waals surface area contributed by atoms with E-state index in [4.69, 9.17) is 21.7 Å². The van der Waals surface area contributed by atoms with Crippen molar-refractivity contribution in [3.63, 3.8) is 0 Å². The van der Waals surface area contributed by atoms with Crippen LogP contribution < -0.4 is 25.0 Å². The van der Waals surface area contributed by atoms with E-state index in [2.05, 4.69) is 17.2 Å². The number of hydrogen-bond donors (Lipinski definition) is 2. The first kappa shape index (κ1) is 34.0. The Kier molecular flexibility index (Phi) is 11.0. The molecule has 1 aliphatic rings. The zero-order valence-corrected chi connectivity index (χ0v) is 27.3. The van der Waals surface area contributed by atoms with Gasteiger partial charge in [0.05, 0.1) is 17.2 Å². The van der Waals surface area contributed by atoms with Gasteiger partial charge in [0, 0.05) is 22.5 Å². The van der Waals surface area contributed by atoms with Gasteiger partial charge in [-0.1, -0.05) is 36.1 Å². The van der Waals surface area contributed by atoms with Crippen molar-refractivity contribution in [2.24, 2.45) is 0 Å². The second kappa shape index (κ2) is 15.5. The minimum absolute atomic E-state index is 0.283. The molecule has 0 atom stereocenters. The molecule has 2 N–H and O–H groups in total. The van der Waals surface area contributed by atoms with E-state index in [1.165, 1.54) is 53.4 Å². The van der Waals surface area contributed by atoms with Crippen molar-refractivity contribution in [2.45, 2.75) is 13.3 Å².